The number of aromatic carboxylic acids is 1. The Labute approximate surface area is 123 Å². The van der Waals surface area contributed by atoms with Crippen molar-refractivity contribution in [2.45, 2.75) is 32.2 Å². The Morgan fingerprint density at radius 3 is 2.71 bits per heavy atom. The van der Waals surface area contributed by atoms with E-state index in [4.69, 9.17) is 10.8 Å². The van der Waals surface area contributed by atoms with E-state index in [0.29, 0.717) is 0 Å². The fraction of sp³-hybridized carbons (Fsp3) is 0.533. The van der Waals surface area contributed by atoms with Crippen LogP contribution in [0.1, 0.15) is 36.5 Å². The predicted molar refractivity (Wildman–Crippen MR) is 81.1 cm³/mol. The van der Waals surface area contributed by atoms with Gasteiger partial charge in [-0.1, -0.05) is 6.92 Å². The Bertz CT molecular complexity index is 514. The van der Waals surface area contributed by atoms with E-state index in [9.17, 15) is 9.18 Å². The van der Waals surface area contributed by atoms with E-state index in [1.807, 2.05) is 0 Å². The third-order valence-corrected chi connectivity index (χ3v) is 3.86. The van der Waals surface area contributed by atoms with E-state index in [2.05, 4.69) is 17.1 Å². The summed E-state index contributed by atoms with van der Waals surface area (Å²) in [6, 6.07) is 2.52. The Morgan fingerprint density at radius 1 is 1.48 bits per heavy atom. The lowest BCUT2D eigenvalue weighted by molar-refractivity contribution is 0.0698. The highest BCUT2D eigenvalue weighted by Gasteiger charge is 2.20. The molecule has 1 aromatic rings. The number of carbonyl (C=O) groups is 1. The molecule has 2 rings (SSSR count). The van der Waals surface area contributed by atoms with Gasteiger partial charge in [-0.15, -0.1) is 0 Å². The molecule has 0 bridgehead atoms. The van der Waals surface area contributed by atoms with Gasteiger partial charge in [-0.3, -0.25) is 0 Å². The van der Waals surface area contributed by atoms with Crippen LogP contribution in [0.15, 0.2) is 12.1 Å². The highest BCUT2D eigenvalue weighted by Crippen LogP contribution is 2.25. The fourth-order valence-electron chi connectivity index (χ4n) is 2.72. The number of rotatable bonds is 5. The van der Waals surface area contributed by atoms with Gasteiger partial charge in [0.15, 0.2) is 0 Å². The Kier molecular flexibility index (Phi) is 5.01. The molecule has 0 radical (unpaired) electrons. The number of carboxylic acid groups (broad SMARTS) is 1. The molecule has 0 unspecified atom stereocenters. The maximum atomic E-state index is 13.9. The van der Waals surface area contributed by atoms with Crippen LogP contribution >= 0.6 is 0 Å². The summed E-state index contributed by atoms with van der Waals surface area (Å²) >= 11 is 0. The number of nitrogens with one attached hydrogen (secondary N) is 1. The molecule has 5 nitrogen and oxygen atoms in total. The second kappa shape index (κ2) is 6.76. The summed E-state index contributed by atoms with van der Waals surface area (Å²) in [4.78, 5) is 13.4. The molecule has 1 aliphatic heterocycles. The number of anilines is 2. The lowest BCUT2D eigenvalue weighted by Crippen LogP contribution is -2.39. The minimum Gasteiger partial charge on any atom is -0.478 e. The first-order valence-corrected chi connectivity index (χ1v) is 7.32. The zero-order valence-corrected chi connectivity index (χ0v) is 12.2. The van der Waals surface area contributed by atoms with E-state index in [1.165, 1.54) is 6.07 Å². The standard InChI is InChI=1S/C15H22FN3O2/c1-2-5-19-6-3-10(4-7-19)18-14-8-11(15(20)21)13(17)9-12(14)16/h8-10,18H,2-7,17H2,1H3,(H,20,21). The van der Waals surface area contributed by atoms with Crippen LogP contribution in [0.4, 0.5) is 15.8 Å². The van der Waals surface area contributed by atoms with Crippen LogP contribution in [0.2, 0.25) is 0 Å². The van der Waals surface area contributed by atoms with Gasteiger partial charge in [0, 0.05) is 24.8 Å². The van der Waals surface area contributed by atoms with Crippen LogP contribution in [0.25, 0.3) is 0 Å². The first-order valence-electron chi connectivity index (χ1n) is 7.32. The van der Waals surface area contributed by atoms with Gasteiger partial charge in [-0.05, 0) is 37.9 Å². The molecule has 0 atom stereocenters. The number of likely N-dealkylation sites (tertiary alicyclic amines) is 1. The van der Waals surface area contributed by atoms with Crippen LogP contribution < -0.4 is 11.1 Å². The van der Waals surface area contributed by atoms with Gasteiger partial charge >= 0.3 is 5.97 Å². The Morgan fingerprint density at radius 2 is 2.14 bits per heavy atom. The molecule has 1 saturated heterocycles. The maximum absolute atomic E-state index is 13.9. The van der Waals surface area contributed by atoms with Crippen molar-refractivity contribution < 1.29 is 14.3 Å². The zero-order valence-electron chi connectivity index (χ0n) is 12.2. The van der Waals surface area contributed by atoms with Crippen molar-refractivity contribution in [2.75, 3.05) is 30.7 Å². The summed E-state index contributed by atoms with van der Waals surface area (Å²) < 4.78 is 13.9. The minimum atomic E-state index is -1.15. The Balaban J connectivity index is 2.03. The number of benzene rings is 1. The normalized spacial score (nSPS) is 16.9. The van der Waals surface area contributed by atoms with Gasteiger partial charge < -0.3 is 21.1 Å². The summed E-state index contributed by atoms with van der Waals surface area (Å²) in [6.07, 6.45) is 2.98. The quantitative estimate of drug-likeness (QED) is 0.727. The number of hydrogen-bond acceptors (Lipinski definition) is 4. The first-order chi connectivity index (χ1) is 10.0. The summed E-state index contributed by atoms with van der Waals surface area (Å²) in [5, 5.41) is 12.2. The van der Waals surface area contributed by atoms with Crippen LogP contribution in [-0.2, 0) is 0 Å². The van der Waals surface area contributed by atoms with E-state index < -0.39 is 11.8 Å². The van der Waals surface area contributed by atoms with E-state index >= 15 is 0 Å². The van der Waals surface area contributed by atoms with Gasteiger partial charge in [0.05, 0.1) is 11.3 Å². The molecule has 6 heteroatoms. The molecule has 0 amide bonds. The summed E-state index contributed by atoms with van der Waals surface area (Å²) in [5.41, 5.74) is 5.62. The van der Waals surface area contributed by atoms with Gasteiger partial charge in [0.2, 0.25) is 0 Å². The fourth-order valence-corrected chi connectivity index (χ4v) is 2.72. The average molecular weight is 295 g/mol. The third-order valence-electron chi connectivity index (χ3n) is 3.86. The molecule has 1 aliphatic rings. The zero-order chi connectivity index (χ0) is 15.4. The Hall–Kier alpha value is -1.82. The van der Waals surface area contributed by atoms with Crippen LogP contribution in [0, 0.1) is 5.82 Å². The number of halogens is 1. The molecular formula is C15H22FN3O2. The number of piperidine rings is 1. The van der Waals surface area contributed by atoms with Crippen molar-refractivity contribution in [1.29, 1.82) is 0 Å². The lowest BCUT2D eigenvalue weighted by atomic mass is 10.0. The number of nitrogens with zero attached hydrogens (tertiary/aromatic N) is 1. The molecule has 1 fully saturated rings. The molecule has 0 spiro atoms. The van der Waals surface area contributed by atoms with Crippen LogP contribution in [-0.4, -0.2) is 41.7 Å². The van der Waals surface area contributed by atoms with Gasteiger partial charge in [-0.25, -0.2) is 9.18 Å². The number of nitrogen functional groups attached to an aromatic ring is 1. The molecule has 21 heavy (non-hydrogen) atoms. The molecular weight excluding hydrogens is 273 g/mol. The number of nitrogens with two attached hydrogens (primary N) is 1. The largest absolute Gasteiger partial charge is 0.478 e. The molecule has 0 aliphatic carbocycles. The van der Waals surface area contributed by atoms with Crippen molar-refractivity contribution in [3.05, 3.63) is 23.5 Å². The van der Waals surface area contributed by atoms with Crippen molar-refractivity contribution in [2.24, 2.45) is 0 Å². The smallest absolute Gasteiger partial charge is 0.337 e. The van der Waals surface area contributed by atoms with Gasteiger partial charge in [0.25, 0.3) is 0 Å². The van der Waals surface area contributed by atoms with Gasteiger partial charge in [-0.2, -0.15) is 0 Å². The third kappa shape index (κ3) is 3.85. The molecule has 4 N–H and O–H groups in total. The second-order valence-electron chi connectivity index (χ2n) is 5.48. The van der Waals surface area contributed by atoms with Crippen molar-refractivity contribution >= 4 is 17.3 Å². The maximum Gasteiger partial charge on any atom is 0.337 e. The molecule has 0 aromatic heterocycles. The predicted octanol–water partition coefficient (Wildman–Crippen LogP) is 2.39. The molecule has 116 valence electrons. The number of carboxylic acids is 1. The average Bonchev–Trinajstić information content (AvgIpc) is 2.43. The van der Waals surface area contributed by atoms with E-state index in [1.54, 1.807) is 0 Å². The summed E-state index contributed by atoms with van der Waals surface area (Å²) in [6.45, 7) is 5.20. The minimum absolute atomic E-state index is 0.0525. The highest BCUT2D eigenvalue weighted by molar-refractivity contribution is 5.94. The van der Waals surface area contributed by atoms with Crippen molar-refractivity contribution in [3.63, 3.8) is 0 Å². The van der Waals surface area contributed by atoms with Crippen molar-refractivity contribution in [3.8, 4) is 0 Å². The summed E-state index contributed by atoms with van der Waals surface area (Å²) in [5.74, 6) is -1.65. The van der Waals surface area contributed by atoms with Crippen LogP contribution in [0.5, 0.6) is 0 Å². The SMILES string of the molecule is CCCN1CCC(Nc2cc(C(=O)O)c(N)cc2F)CC1. The highest BCUT2D eigenvalue weighted by atomic mass is 19.1. The second-order valence-corrected chi connectivity index (χ2v) is 5.48. The van der Waals surface area contributed by atoms with Crippen LogP contribution in [0.3, 0.4) is 0 Å². The lowest BCUT2D eigenvalue weighted by Gasteiger charge is -2.32. The van der Waals surface area contributed by atoms with Gasteiger partial charge in [0.1, 0.15) is 5.82 Å². The molecule has 0 saturated carbocycles. The van der Waals surface area contributed by atoms with Crippen molar-refractivity contribution in [1.82, 2.24) is 4.90 Å². The van der Waals surface area contributed by atoms with E-state index in [0.717, 1.165) is 45.0 Å². The number of hydrogen-bond donors (Lipinski definition) is 3. The molecule has 1 aromatic carbocycles. The monoisotopic (exact) mass is 295 g/mol. The molecule has 1 heterocycles. The summed E-state index contributed by atoms with van der Waals surface area (Å²) in [7, 11) is 0. The van der Waals surface area contributed by atoms with E-state index in [-0.39, 0.29) is 23.0 Å². The first kappa shape index (κ1) is 15.6. The topological polar surface area (TPSA) is 78.6 Å².